The SMILES string of the molecule is CCOC(=O)C(=O)c1c(F)c(F)cc(OC)c1OC. The molecule has 5 nitrogen and oxygen atoms in total. The van der Waals surface area contributed by atoms with Gasteiger partial charge in [0.05, 0.1) is 20.8 Å². The zero-order valence-electron chi connectivity index (χ0n) is 10.6. The molecule has 0 aliphatic heterocycles. The molecule has 0 radical (unpaired) electrons. The third-order valence-electron chi connectivity index (χ3n) is 2.25. The third kappa shape index (κ3) is 2.81. The van der Waals surface area contributed by atoms with Gasteiger partial charge in [-0.2, -0.15) is 0 Å². The van der Waals surface area contributed by atoms with Gasteiger partial charge in [0.2, 0.25) is 0 Å². The predicted octanol–water partition coefficient (Wildman–Crippen LogP) is 1.73. The molecule has 0 heterocycles. The number of methoxy groups -OCH3 is 2. The fourth-order valence-corrected chi connectivity index (χ4v) is 1.44. The van der Waals surface area contributed by atoms with E-state index in [1.165, 1.54) is 14.0 Å². The number of ketones is 1. The van der Waals surface area contributed by atoms with Crippen LogP contribution >= 0.6 is 0 Å². The fourth-order valence-electron chi connectivity index (χ4n) is 1.44. The van der Waals surface area contributed by atoms with E-state index in [2.05, 4.69) is 4.74 Å². The van der Waals surface area contributed by atoms with Gasteiger partial charge in [0.1, 0.15) is 5.56 Å². The molecule has 1 aromatic rings. The molecule has 0 unspecified atom stereocenters. The highest BCUT2D eigenvalue weighted by Crippen LogP contribution is 2.35. The lowest BCUT2D eigenvalue weighted by atomic mass is 10.1. The average Bonchev–Trinajstić information content (AvgIpc) is 2.40. The molecule has 0 aliphatic carbocycles. The molecule has 0 atom stereocenters. The van der Waals surface area contributed by atoms with Crippen LogP contribution in [0.25, 0.3) is 0 Å². The Balaban J connectivity index is 3.43. The van der Waals surface area contributed by atoms with Crippen LogP contribution < -0.4 is 9.47 Å². The Morgan fingerprint density at radius 1 is 1.21 bits per heavy atom. The highest BCUT2D eigenvalue weighted by Gasteiger charge is 2.30. The largest absolute Gasteiger partial charge is 0.493 e. The van der Waals surface area contributed by atoms with E-state index >= 15 is 0 Å². The Hall–Kier alpha value is -2.18. The molecule has 104 valence electrons. The molecule has 0 bridgehead atoms. The number of Topliss-reactive ketones (excluding diaryl/α,β-unsaturated/α-hetero) is 1. The first-order valence-electron chi connectivity index (χ1n) is 5.29. The summed E-state index contributed by atoms with van der Waals surface area (Å²) in [7, 11) is 2.32. The lowest BCUT2D eigenvalue weighted by Crippen LogP contribution is -2.20. The number of rotatable bonds is 5. The van der Waals surface area contributed by atoms with E-state index in [1.807, 2.05) is 0 Å². The van der Waals surface area contributed by atoms with Crippen LogP contribution in [0.2, 0.25) is 0 Å². The minimum atomic E-state index is -1.49. The Bertz CT molecular complexity index is 513. The molecule has 0 N–H and O–H groups in total. The second kappa shape index (κ2) is 6.12. The quantitative estimate of drug-likeness (QED) is 0.465. The summed E-state index contributed by atoms with van der Waals surface area (Å²) in [6.07, 6.45) is 0. The van der Waals surface area contributed by atoms with Crippen molar-refractivity contribution in [2.24, 2.45) is 0 Å². The van der Waals surface area contributed by atoms with Crippen LogP contribution in [0.15, 0.2) is 6.07 Å². The maximum atomic E-state index is 13.7. The molecular weight excluding hydrogens is 262 g/mol. The van der Waals surface area contributed by atoms with Crippen LogP contribution in [0.5, 0.6) is 11.5 Å². The van der Waals surface area contributed by atoms with Crippen LogP contribution in [0.1, 0.15) is 17.3 Å². The van der Waals surface area contributed by atoms with Crippen LogP contribution in [-0.4, -0.2) is 32.6 Å². The molecule has 19 heavy (non-hydrogen) atoms. The minimum absolute atomic E-state index is 0.0685. The molecule has 0 aliphatic rings. The topological polar surface area (TPSA) is 61.8 Å². The summed E-state index contributed by atoms with van der Waals surface area (Å²) in [5.74, 6) is -6.02. The standard InChI is InChI=1S/C12H12F2O5/c1-4-19-12(16)10(15)8-9(14)6(13)5-7(17-2)11(8)18-3/h5H,4H2,1-3H3. The van der Waals surface area contributed by atoms with Crippen molar-refractivity contribution in [1.82, 2.24) is 0 Å². The average molecular weight is 274 g/mol. The van der Waals surface area contributed by atoms with Gasteiger partial charge in [0.25, 0.3) is 5.78 Å². The van der Waals surface area contributed by atoms with Crippen LogP contribution in [0, 0.1) is 11.6 Å². The predicted molar refractivity (Wildman–Crippen MR) is 60.4 cm³/mol. The maximum Gasteiger partial charge on any atom is 0.379 e. The van der Waals surface area contributed by atoms with Crippen molar-refractivity contribution < 1.29 is 32.6 Å². The molecule has 1 rings (SSSR count). The van der Waals surface area contributed by atoms with E-state index in [-0.39, 0.29) is 18.1 Å². The van der Waals surface area contributed by atoms with Gasteiger partial charge < -0.3 is 14.2 Å². The summed E-state index contributed by atoms with van der Waals surface area (Å²) in [4.78, 5) is 23.1. The van der Waals surface area contributed by atoms with E-state index in [1.54, 1.807) is 0 Å². The molecule has 0 saturated heterocycles. The minimum Gasteiger partial charge on any atom is -0.493 e. The van der Waals surface area contributed by atoms with Crippen molar-refractivity contribution in [3.63, 3.8) is 0 Å². The van der Waals surface area contributed by atoms with E-state index in [4.69, 9.17) is 9.47 Å². The normalized spacial score (nSPS) is 9.95. The van der Waals surface area contributed by atoms with Crippen LogP contribution in [-0.2, 0) is 9.53 Å². The third-order valence-corrected chi connectivity index (χ3v) is 2.25. The number of halogens is 2. The lowest BCUT2D eigenvalue weighted by Gasteiger charge is -2.12. The van der Waals surface area contributed by atoms with Gasteiger partial charge in [0, 0.05) is 6.07 Å². The molecule has 0 aromatic heterocycles. The van der Waals surface area contributed by atoms with Gasteiger partial charge in [-0.1, -0.05) is 0 Å². The van der Waals surface area contributed by atoms with Crippen LogP contribution in [0.4, 0.5) is 8.78 Å². The smallest absolute Gasteiger partial charge is 0.379 e. The van der Waals surface area contributed by atoms with E-state index in [0.29, 0.717) is 0 Å². The highest BCUT2D eigenvalue weighted by molar-refractivity contribution is 6.41. The second-order valence-electron chi connectivity index (χ2n) is 3.33. The summed E-state index contributed by atoms with van der Waals surface area (Å²) in [6.45, 7) is 1.41. The summed E-state index contributed by atoms with van der Waals surface area (Å²) in [5.41, 5.74) is -0.849. The lowest BCUT2D eigenvalue weighted by molar-refractivity contribution is -0.137. The maximum absolute atomic E-state index is 13.7. The molecule has 0 fully saturated rings. The Morgan fingerprint density at radius 3 is 2.32 bits per heavy atom. The van der Waals surface area contributed by atoms with E-state index in [9.17, 15) is 18.4 Å². The van der Waals surface area contributed by atoms with E-state index < -0.39 is 29.0 Å². The van der Waals surface area contributed by atoms with Crippen LogP contribution in [0.3, 0.4) is 0 Å². The van der Waals surface area contributed by atoms with Crippen molar-refractivity contribution in [3.05, 3.63) is 23.3 Å². The van der Waals surface area contributed by atoms with Gasteiger partial charge in [-0.3, -0.25) is 4.79 Å². The molecule has 7 heteroatoms. The number of benzene rings is 1. The van der Waals surface area contributed by atoms with Crippen molar-refractivity contribution in [2.75, 3.05) is 20.8 Å². The summed E-state index contributed by atoms with van der Waals surface area (Å²) in [5, 5.41) is 0. The van der Waals surface area contributed by atoms with E-state index in [0.717, 1.165) is 13.2 Å². The Kier molecular flexibility index (Phi) is 4.80. The number of carbonyl (C=O) groups excluding carboxylic acids is 2. The Labute approximate surface area is 108 Å². The highest BCUT2D eigenvalue weighted by atomic mass is 19.2. The summed E-state index contributed by atoms with van der Waals surface area (Å²) >= 11 is 0. The molecule has 1 aromatic carbocycles. The van der Waals surface area contributed by atoms with Crippen molar-refractivity contribution in [1.29, 1.82) is 0 Å². The summed E-state index contributed by atoms with van der Waals surface area (Å²) < 4.78 is 41.0. The van der Waals surface area contributed by atoms with Gasteiger partial charge in [-0.05, 0) is 6.92 Å². The first-order chi connectivity index (χ1) is 8.97. The molecule has 0 amide bonds. The number of hydrogen-bond acceptors (Lipinski definition) is 5. The zero-order chi connectivity index (χ0) is 14.6. The number of esters is 1. The number of carbonyl (C=O) groups is 2. The van der Waals surface area contributed by atoms with Gasteiger partial charge >= 0.3 is 5.97 Å². The molecule has 0 saturated carbocycles. The van der Waals surface area contributed by atoms with Crippen molar-refractivity contribution in [3.8, 4) is 11.5 Å². The number of hydrogen-bond donors (Lipinski definition) is 0. The number of ether oxygens (including phenoxy) is 3. The summed E-state index contributed by atoms with van der Waals surface area (Å²) in [6, 6.07) is 0.718. The molecule has 0 spiro atoms. The van der Waals surface area contributed by atoms with Crippen molar-refractivity contribution in [2.45, 2.75) is 6.92 Å². The second-order valence-corrected chi connectivity index (χ2v) is 3.33. The fraction of sp³-hybridized carbons (Fsp3) is 0.333. The first-order valence-corrected chi connectivity index (χ1v) is 5.29. The first kappa shape index (κ1) is 14.9. The van der Waals surface area contributed by atoms with Gasteiger partial charge in [0.15, 0.2) is 23.1 Å². The monoisotopic (exact) mass is 274 g/mol. The Morgan fingerprint density at radius 2 is 1.84 bits per heavy atom. The van der Waals surface area contributed by atoms with Crippen molar-refractivity contribution >= 4 is 11.8 Å². The molecular formula is C12H12F2O5. The zero-order valence-corrected chi connectivity index (χ0v) is 10.6. The van der Waals surface area contributed by atoms with Gasteiger partial charge in [-0.25, -0.2) is 13.6 Å². The van der Waals surface area contributed by atoms with Gasteiger partial charge in [-0.15, -0.1) is 0 Å².